The molecule has 0 heterocycles. The number of aliphatic carboxylic acids is 1. The van der Waals surface area contributed by atoms with Gasteiger partial charge in [-0.3, -0.25) is 24.0 Å². The first-order chi connectivity index (χ1) is 12.2. The molecule has 3 unspecified atom stereocenters. The Morgan fingerprint density at radius 3 is 1.81 bits per heavy atom. The van der Waals surface area contributed by atoms with Crippen LogP contribution in [-0.4, -0.2) is 58.4 Å². The summed E-state index contributed by atoms with van der Waals surface area (Å²) >= 11 is 0. The lowest BCUT2D eigenvalue weighted by Crippen LogP contribution is -2.56. The second-order valence-corrected chi connectivity index (χ2v) is 7.39. The van der Waals surface area contributed by atoms with Gasteiger partial charge in [0.1, 0.15) is 18.1 Å². The molecule has 4 amide bonds. The molecule has 10 nitrogen and oxygen atoms in total. The van der Waals surface area contributed by atoms with Crippen LogP contribution in [0, 0.1) is 0 Å². The molecular formula is C17H30N4O6. The van der Waals surface area contributed by atoms with E-state index in [1.54, 1.807) is 20.8 Å². The van der Waals surface area contributed by atoms with E-state index in [9.17, 15) is 24.0 Å². The van der Waals surface area contributed by atoms with Crippen LogP contribution in [0.4, 0.5) is 0 Å². The molecular weight excluding hydrogens is 356 g/mol. The van der Waals surface area contributed by atoms with E-state index in [0.29, 0.717) is 0 Å². The summed E-state index contributed by atoms with van der Waals surface area (Å²) in [6.45, 7) is 9.53. The van der Waals surface area contributed by atoms with Gasteiger partial charge in [0, 0.05) is 18.9 Å². The molecule has 0 aliphatic carbocycles. The highest BCUT2D eigenvalue weighted by molar-refractivity contribution is 5.94. The van der Waals surface area contributed by atoms with Crippen molar-refractivity contribution in [3.63, 3.8) is 0 Å². The third kappa shape index (κ3) is 10.8. The van der Waals surface area contributed by atoms with Crippen molar-refractivity contribution in [2.45, 2.75) is 78.0 Å². The molecule has 27 heavy (non-hydrogen) atoms. The Bertz CT molecular complexity index is 584. The van der Waals surface area contributed by atoms with Gasteiger partial charge in [0.25, 0.3) is 0 Å². The predicted molar refractivity (Wildman–Crippen MR) is 97.6 cm³/mol. The van der Waals surface area contributed by atoms with Gasteiger partial charge in [-0.2, -0.15) is 0 Å². The van der Waals surface area contributed by atoms with Crippen LogP contribution in [0.3, 0.4) is 0 Å². The number of hydrogen-bond donors (Lipinski definition) is 5. The molecule has 0 bridgehead atoms. The van der Waals surface area contributed by atoms with Crippen molar-refractivity contribution >= 4 is 29.6 Å². The third-order valence-corrected chi connectivity index (χ3v) is 3.34. The first-order valence-corrected chi connectivity index (χ1v) is 8.64. The Hall–Kier alpha value is -2.65. The van der Waals surface area contributed by atoms with E-state index in [0.717, 1.165) is 0 Å². The third-order valence-electron chi connectivity index (χ3n) is 3.34. The molecule has 0 rings (SSSR count). The van der Waals surface area contributed by atoms with Gasteiger partial charge in [-0.25, -0.2) is 0 Å². The van der Waals surface area contributed by atoms with Crippen molar-refractivity contribution in [3.8, 4) is 0 Å². The van der Waals surface area contributed by atoms with Crippen LogP contribution in [0.1, 0.15) is 54.4 Å². The molecule has 0 aromatic rings. The first-order valence-electron chi connectivity index (χ1n) is 8.64. The molecule has 0 aliphatic heterocycles. The lowest BCUT2D eigenvalue weighted by atomic mass is 10.1. The quantitative estimate of drug-likeness (QED) is 0.352. The van der Waals surface area contributed by atoms with Crippen LogP contribution in [-0.2, 0) is 24.0 Å². The van der Waals surface area contributed by atoms with Crippen LogP contribution < -0.4 is 21.3 Å². The summed E-state index contributed by atoms with van der Waals surface area (Å²) < 4.78 is 0. The minimum Gasteiger partial charge on any atom is -0.481 e. The summed E-state index contributed by atoms with van der Waals surface area (Å²) in [4.78, 5) is 58.5. The monoisotopic (exact) mass is 386 g/mol. The number of carbonyl (C=O) groups is 5. The molecule has 0 aromatic carbocycles. The topological polar surface area (TPSA) is 154 Å². The summed E-state index contributed by atoms with van der Waals surface area (Å²) in [6.07, 6.45) is -0.511. The Labute approximate surface area is 158 Å². The van der Waals surface area contributed by atoms with Crippen molar-refractivity contribution in [2.24, 2.45) is 0 Å². The van der Waals surface area contributed by atoms with Crippen LogP contribution in [0.15, 0.2) is 0 Å². The molecule has 154 valence electrons. The maximum absolute atomic E-state index is 12.4. The number of hydrogen-bond acceptors (Lipinski definition) is 5. The summed E-state index contributed by atoms with van der Waals surface area (Å²) in [7, 11) is 0. The van der Waals surface area contributed by atoms with Crippen molar-refractivity contribution < 1.29 is 29.1 Å². The number of carbonyl (C=O) groups excluding carboxylic acids is 4. The highest BCUT2D eigenvalue weighted by Crippen LogP contribution is 2.02. The number of rotatable bonds is 9. The standard InChI is InChI=1S/C17H30N4O6/c1-9(18-11(3)22)14(25)20-12(7-8-13(23)24)16(27)19-10(2)15(26)21-17(4,5)6/h9-10,12H,7-8H2,1-6H3,(H,18,22)(H,19,27)(H,20,25)(H,21,26)(H,23,24). The molecule has 0 saturated carbocycles. The average molecular weight is 386 g/mol. The van der Waals surface area contributed by atoms with Gasteiger partial charge in [-0.1, -0.05) is 0 Å². The van der Waals surface area contributed by atoms with Gasteiger partial charge in [-0.15, -0.1) is 0 Å². The van der Waals surface area contributed by atoms with E-state index in [1.807, 2.05) is 0 Å². The second kappa shape index (κ2) is 10.5. The van der Waals surface area contributed by atoms with Crippen molar-refractivity contribution in [3.05, 3.63) is 0 Å². The van der Waals surface area contributed by atoms with E-state index in [2.05, 4.69) is 21.3 Å². The van der Waals surface area contributed by atoms with E-state index in [-0.39, 0.29) is 12.8 Å². The zero-order valence-electron chi connectivity index (χ0n) is 16.6. The molecule has 0 aromatic heterocycles. The zero-order valence-corrected chi connectivity index (χ0v) is 16.6. The molecule has 0 aliphatic rings. The SMILES string of the molecule is CC(=O)NC(C)C(=O)NC(CCC(=O)O)C(=O)NC(C)C(=O)NC(C)(C)C. The van der Waals surface area contributed by atoms with Gasteiger partial charge < -0.3 is 26.4 Å². The number of carboxylic acids is 1. The van der Waals surface area contributed by atoms with Gasteiger partial charge in [0.15, 0.2) is 0 Å². The maximum atomic E-state index is 12.4. The van der Waals surface area contributed by atoms with Crippen molar-refractivity contribution in [1.82, 2.24) is 21.3 Å². The van der Waals surface area contributed by atoms with E-state index < -0.39 is 53.3 Å². The van der Waals surface area contributed by atoms with Crippen LogP contribution in [0.2, 0.25) is 0 Å². The minimum atomic E-state index is -1.16. The maximum Gasteiger partial charge on any atom is 0.303 e. The molecule has 3 atom stereocenters. The Kier molecular flexibility index (Phi) is 9.46. The largest absolute Gasteiger partial charge is 0.481 e. The van der Waals surface area contributed by atoms with Crippen molar-refractivity contribution in [1.29, 1.82) is 0 Å². The second-order valence-electron chi connectivity index (χ2n) is 7.39. The molecule has 5 N–H and O–H groups in total. The van der Waals surface area contributed by atoms with Gasteiger partial charge in [0.05, 0.1) is 0 Å². The van der Waals surface area contributed by atoms with Crippen LogP contribution in [0.25, 0.3) is 0 Å². The first kappa shape index (κ1) is 24.4. The highest BCUT2D eigenvalue weighted by atomic mass is 16.4. The van der Waals surface area contributed by atoms with E-state index >= 15 is 0 Å². The van der Waals surface area contributed by atoms with Crippen molar-refractivity contribution in [2.75, 3.05) is 0 Å². The Morgan fingerprint density at radius 1 is 0.852 bits per heavy atom. The fourth-order valence-corrected chi connectivity index (χ4v) is 2.06. The lowest BCUT2D eigenvalue weighted by Gasteiger charge is -2.25. The van der Waals surface area contributed by atoms with Gasteiger partial charge in [0.2, 0.25) is 23.6 Å². The van der Waals surface area contributed by atoms with E-state index in [1.165, 1.54) is 20.8 Å². The number of nitrogens with one attached hydrogen (secondary N) is 4. The lowest BCUT2D eigenvalue weighted by molar-refractivity contribution is -0.138. The predicted octanol–water partition coefficient (Wildman–Crippen LogP) is -0.720. The number of amides is 4. The fourth-order valence-electron chi connectivity index (χ4n) is 2.06. The molecule has 0 radical (unpaired) electrons. The average Bonchev–Trinajstić information content (AvgIpc) is 2.48. The molecule has 0 fully saturated rings. The smallest absolute Gasteiger partial charge is 0.303 e. The summed E-state index contributed by atoms with van der Waals surface area (Å²) in [5.41, 5.74) is -0.485. The van der Waals surface area contributed by atoms with Crippen LogP contribution >= 0.6 is 0 Å². The summed E-state index contributed by atoms with van der Waals surface area (Å²) in [5, 5.41) is 18.8. The molecule has 0 spiro atoms. The molecule has 10 heteroatoms. The van der Waals surface area contributed by atoms with E-state index in [4.69, 9.17) is 5.11 Å². The summed E-state index contributed by atoms with van der Waals surface area (Å²) in [5.74, 6) is -3.28. The fraction of sp³-hybridized carbons (Fsp3) is 0.706. The normalized spacial score (nSPS) is 14.3. The Morgan fingerprint density at radius 2 is 1.37 bits per heavy atom. The van der Waals surface area contributed by atoms with Gasteiger partial charge >= 0.3 is 5.97 Å². The Balaban J connectivity index is 5.02. The number of carboxylic acid groups (broad SMARTS) is 1. The van der Waals surface area contributed by atoms with Gasteiger partial charge in [-0.05, 0) is 41.0 Å². The zero-order chi connectivity index (χ0) is 21.4. The molecule has 0 saturated heterocycles. The summed E-state index contributed by atoms with van der Waals surface area (Å²) in [6, 6.07) is -2.94. The highest BCUT2D eigenvalue weighted by Gasteiger charge is 2.27. The van der Waals surface area contributed by atoms with Crippen LogP contribution in [0.5, 0.6) is 0 Å². The minimum absolute atomic E-state index is 0.159.